The zero-order valence-electron chi connectivity index (χ0n) is 20.4. The third kappa shape index (κ3) is 6.28. The summed E-state index contributed by atoms with van der Waals surface area (Å²) in [5, 5.41) is 0. The topological polar surface area (TPSA) is 18.5 Å². The molecule has 0 aromatic heterocycles. The second-order valence-corrected chi connectivity index (χ2v) is 9.51. The average Bonchev–Trinajstić information content (AvgIpc) is 2.80. The van der Waals surface area contributed by atoms with Crippen LogP contribution in [-0.2, 0) is 6.11 Å². The van der Waals surface area contributed by atoms with Gasteiger partial charge in [-0.25, -0.2) is 26.3 Å². The summed E-state index contributed by atoms with van der Waals surface area (Å²) in [4.78, 5) is 0. The third-order valence-corrected chi connectivity index (χ3v) is 6.61. The second-order valence-electron chi connectivity index (χ2n) is 9.51. The van der Waals surface area contributed by atoms with Crippen LogP contribution in [0.15, 0.2) is 36.4 Å². The fourth-order valence-electron chi connectivity index (χ4n) is 4.70. The molecule has 0 saturated heterocycles. The van der Waals surface area contributed by atoms with Crippen molar-refractivity contribution in [3.8, 4) is 22.6 Å². The molecule has 4 rings (SSSR count). The van der Waals surface area contributed by atoms with Gasteiger partial charge in [0.2, 0.25) is 5.75 Å². The highest BCUT2D eigenvalue weighted by molar-refractivity contribution is 5.66. The molecule has 0 amide bonds. The average molecular weight is 586 g/mol. The zero-order valence-corrected chi connectivity index (χ0v) is 20.4. The Hall–Kier alpha value is -3.51. The lowest BCUT2D eigenvalue weighted by Crippen LogP contribution is -2.25. The number of rotatable bonds is 6. The predicted molar refractivity (Wildman–Crippen MR) is 122 cm³/mol. The van der Waals surface area contributed by atoms with E-state index in [2.05, 4.69) is 16.4 Å². The van der Waals surface area contributed by atoms with Crippen LogP contribution in [0.4, 0.5) is 48.3 Å². The second kappa shape index (κ2) is 10.8. The lowest BCUT2D eigenvalue weighted by Gasteiger charge is -2.26. The molecule has 13 heteroatoms. The Balaban J connectivity index is 0.00000462. The summed E-state index contributed by atoms with van der Waals surface area (Å²) in [5.74, 6) is -13.7. The van der Waals surface area contributed by atoms with Crippen LogP contribution in [-0.4, -0.2) is 6.36 Å². The molecule has 0 aliphatic heterocycles. The number of hydrogen-bond donors (Lipinski definition) is 0. The van der Waals surface area contributed by atoms with Crippen LogP contribution in [0.2, 0.25) is 0 Å². The fourth-order valence-corrected chi connectivity index (χ4v) is 4.70. The minimum absolute atomic E-state index is 0. The van der Waals surface area contributed by atoms with Gasteiger partial charge in [-0.1, -0.05) is 19.8 Å². The van der Waals surface area contributed by atoms with Crippen LogP contribution in [0.25, 0.3) is 11.1 Å². The minimum Gasteiger partial charge on any atom is -0.429 e. The maximum atomic E-state index is 14.9. The summed E-state index contributed by atoms with van der Waals surface area (Å²) in [5.41, 5.74) is -3.35. The normalized spacial score (nSPS) is 18.1. The van der Waals surface area contributed by atoms with Crippen LogP contribution >= 0.6 is 0 Å². The van der Waals surface area contributed by atoms with E-state index in [1.807, 2.05) is 0 Å². The van der Waals surface area contributed by atoms with E-state index in [0.29, 0.717) is 24.3 Å². The predicted octanol–water partition coefficient (Wildman–Crippen LogP) is 9.75. The van der Waals surface area contributed by atoms with E-state index in [0.717, 1.165) is 25.0 Å². The van der Waals surface area contributed by atoms with E-state index in [1.54, 1.807) is 0 Å². The van der Waals surface area contributed by atoms with Gasteiger partial charge in [-0.3, -0.25) is 0 Å². The first-order valence-electron chi connectivity index (χ1n) is 11.9. The van der Waals surface area contributed by atoms with Crippen LogP contribution in [0.5, 0.6) is 11.5 Å². The Bertz CT molecular complexity index is 1350. The first-order chi connectivity index (χ1) is 18.6. The van der Waals surface area contributed by atoms with E-state index in [4.69, 9.17) is 0 Å². The highest BCUT2D eigenvalue weighted by atomic mass is 19.4. The summed E-state index contributed by atoms with van der Waals surface area (Å²) in [7, 11) is 0. The fraction of sp³-hybridized carbons (Fsp3) is 0.333. The standard InChI is InChI=1S/C27H19F11O2.H2/c1-12-2-4-13(5-3-12)14-6-17(28)23(18(29)7-14)15-8-19(30)24(20(31)9-15)26(34,35)39-16-10-21(32)25(22(33)11-16)40-27(36,37)38;/h6-13H,2-5H2,1H3;1H. The molecule has 0 radical (unpaired) electrons. The summed E-state index contributed by atoms with van der Waals surface area (Å²) < 4.78 is 160. The van der Waals surface area contributed by atoms with Crippen molar-refractivity contribution >= 4 is 0 Å². The molecule has 3 aromatic rings. The molecular formula is C27H21F11O2. The Labute approximate surface area is 221 Å². The smallest absolute Gasteiger partial charge is 0.429 e. The molecule has 1 aliphatic rings. The van der Waals surface area contributed by atoms with Crippen LogP contribution in [0.1, 0.15) is 51.1 Å². The number of hydrogen-bond acceptors (Lipinski definition) is 2. The SMILES string of the molecule is CC1CCC(c2cc(F)c(-c3cc(F)c(C(F)(F)Oc4cc(F)c(OC(F)(F)F)c(F)c4)c(F)c3)c(F)c2)CC1.[HH]. The number of benzene rings is 3. The van der Waals surface area contributed by atoms with Gasteiger partial charge in [-0.15, -0.1) is 13.2 Å². The lowest BCUT2D eigenvalue weighted by atomic mass is 9.79. The van der Waals surface area contributed by atoms with E-state index >= 15 is 0 Å². The van der Waals surface area contributed by atoms with E-state index in [9.17, 15) is 48.3 Å². The number of halogens is 11. The number of alkyl halides is 5. The van der Waals surface area contributed by atoms with E-state index in [1.165, 1.54) is 0 Å². The third-order valence-electron chi connectivity index (χ3n) is 6.61. The molecule has 0 N–H and O–H groups in total. The summed E-state index contributed by atoms with van der Waals surface area (Å²) in [6, 6.07) is 2.25. The maximum absolute atomic E-state index is 14.9. The molecule has 3 aromatic carbocycles. The van der Waals surface area contributed by atoms with Gasteiger partial charge < -0.3 is 9.47 Å². The van der Waals surface area contributed by atoms with Crippen LogP contribution < -0.4 is 9.47 Å². The molecule has 0 unspecified atom stereocenters. The minimum atomic E-state index is -5.52. The van der Waals surface area contributed by atoms with E-state index < -0.39 is 75.6 Å². The van der Waals surface area contributed by atoms with Crippen molar-refractivity contribution in [2.75, 3.05) is 0 Å². The Morgan fingerprint density at radius 2 is 1.15 bits per heavy atom. The molecular weight excluding hydrogens is 565 g/mol. The van der Waals surface area contributed by atoms with Gasteiger partial charge in [0.05, 0.1) is 5.56 Å². The Kier molecular flexibility index (Phi) is 7.97. The lowest BCUT2D eigenvalue weighted by molar-refractivity contribution is -0.276. The summed E-state index contributed by atoms with van der Waals surface area (Å²) >= 11 is 0. The van der Waals surface area contributed by atoms with Gasteiger partial charge in [0, 0.05) is 13.6 Å². The highest BCUT2D eigenvalue weighted by Gasteiger charge is 2.42. The largest absolute Gasteiger partial charge is 0.573 e. The Morgan fingerprint density at radius 3 is 1.62 bits per heavy atom. The molecule has 218 valence electrons. The molecule has 0 heterocycles. The highest BCUT2D eigenvalue weighted by Crippen LogP contribution is 2.41. The maximum Gasteiger partial charge on any atom is 0.573 e. The number of ether oxygens (including phenoxy) is 2. The van der Waals surface area contributed by atoms with Gasteiger partial charge in [0.15, 0.2) is 11.6 Å². The van der Waals surface area contributed by atoms with Crippen molar-refractivity contribution in [3.63, 3.8) is 0 Å². The van der Waals surface area contributed by atoms with Crippen molar-refractivity contribution in [3.05, 3.63) is 82.4 Å². The molecule has 1 aliphatic carbocycles. The molecule has 0 atom stereocenters. The van der Waals surface area contributed by atoms with Gasteiger partial charge in [0.25, 0.3) is 0 Å². The molecule has 1 fully saturated rings. The van der Waals surface area contributed by atoms with Gasteiger partial charge >= 0.3 is 12.5 Å². The summed E-state index contributed by atoms with van der Waals surface area (Å²) in [6.07, 6.45) is -7.40. The molecule has 1 saturated carbocycles. The molecule has 40 heavy (non-hydrogen) atoms. The van der Waals surface area contributed by atoms with Crippen molar-refractivity contribution in [2.24, 2.45) is 5.92 Å². The Morgan fingerprint density at radius 1 is 0.650 bits per heavy atom. The molecule has 2 nitrogen and oxygen atoms in total. The van der Waals surface area contributed by atoms with Crippen molar-refractivity contribution in [1.29, 1.82) is 0 Å². The quantitative estimate of drug-likeness (QED) is 0.268. The van der Waals surface area contributed by atoms with Crippen LogP contribution in [0, 0.1) is 40.8 Å². The van der Waals surface area contributed by atoms with Gasteiger partial charge in [-0.2, -0.15) is 8.78 Å². The van der Waals surface area contributed by atoms with Gasteiger partial charge in [-0.05, 0) is 60.1 Å². The molecule has 0 spiro atoms. The summed E-state index contributed by atoms with van der Waals surface area (Å²) in [6.45, 7) is 2.06. The van der Waals surface area contributed by atoms with Crippen LogP contribution in [0.3, 0.4) is 0 Å². The van der Waals surface area contributed by atoms with Crippen molar-refractivity contribution in [1.82, 2.24) is 0 Å². The van der Waals surface area contributed by atoms with Crippen molar-refractivity contribution in [2.45, 2.75) is 51.0 Å². The van der Waals surface area contributed by atoms with E-state index in [-0.39, 0.29) is 31.6 Å². The monoisotopic (exact) mass is 586 g/mol. The first kappa shape index (κ1) is 29.5. The zero-order chi connectivity index (χ0) is 29.6. The van der Waals surface area contributed by atoms with Gasteiger partial charge in [0.1, 0.15) is 34.6 Å². The van der Waals surface area contributed by atoms with Crippen molar-refractivity contribution < 1.29 is 59.2 Å². The first-order valence-corrected chi connectivity index (χ1v) is 11.9. The molecule has 0 bridgehead atoms.